The second-order valence-corrected chi connectivity index (χ2v) is 7.48. The normalized spacial score (nSPS) is 10.7. The Morgan fingerprint density at radius 3 is 2.66 bits per heavy atom. The van der Waals surface area contributed by atoms with Gasteiger partial charge in [-0.2, -0.15) is 0 Å². The topological polar surface area (TPSA) is 127 Å². The highest BCUT2D eigenvalue weighted by Gasteiger charge is 2.25. The number of methoxy groups -OCH3 is 1. The fourth-order valence-corrected chi connectivity index (χ4v) is 3.93. The Bertz CT molecular complexity index is 949. The van der Waals surface area contributed by atoms with Crippen molar-refractivity contribution < 1.29 is 23.9 Å². The van der Waals surface area contributed by atoms with Crippen LogP contribution in [0.15, 0.2) is 4.79 Å². The van der Waals surface area contributed by atoms with Crippen molar-refractivity contribution in [3.8, 4) is 0 Å². The molecule has 0 saturated heterocycles. The lowest BCUT2D eigenvalue weighted by atomic mass is 10.1. The summed E-state index contributed by atoms with van der Waals surface area (Å²) < 4.78 is 9.75. The number of esters is 2. The second kappa shape index (κ2) is 10.7. The van der Waals surface area contributed by atoms with Gasteiger partial charge in [-0.05, 0) is 13.3 Å². The molecular weight excluding hydrogens is 398 g/mol. The molecule has 29 heavy (non-hydrogen) atoms. The van der Waals surface area contributed by atoms with Crippen LogP contribution in [-0.4, -0.2) is 48.1 Å². The lowest BCUT2D eigenvalue weighted by Gasteiger charge is -2.07. The molecule has 0 saturated carbocycles. The summed E-state index contributed by atoms with van der Waals surface area (Å²) in [5, 5.41) is 2.84. The van der Waals surface area contributed by atoms with Crippen molar-refractivity contribution in [1.29, 1.82) is 0 Å². The molecule has 0 bridgehead atoms. The maximum absolute atomic E-state index is 12.3. The summed E-state index contributed by atoms with van der Waals surface area (Å²) in [7, 11) is 1.21. The molecule has 0 aliphatic rings. The number of ether oxygens (including phenoxy) is 2. The number of aromatic nitrogens is 2. The zero-order chi connectivity index (χ0) is 21.4. The Morgan fingerprint density at radius 2 is 1.97 bits per heavy atom. The molecule has 2 rings (SSSR count). The predicted octanol–water partition coefficient (Wildman–Crippen LogP) is 1.86. The van der Waals surface area contributed by atoms with Crippen LogP contribution in [0.3, 0.4) is 0 Å². The smallest absolute Gasteiger partial charge is 0.348 e. The van der Waals surface area contributed by atoms with Crippen LogP contribution in [0.2, 0.25) is 0 Å². The molecule has 1 amide bonds. The molecule has 0 radical (unpaired) electrons. The third-order valence-electron chi connectivity index (χ3n) is 4.19. The average molecular weight is 423 g/mol. The van der Waals surface area contributed by atoms with Gasteiger partial charge in [0, 0.05) is 12.1 Å². The summed E-state index contributed by atoms with van der Waals surface area (Å²) in [5.74, 6) is -1.40. The number of amides is 1. The molecule has 2 aromatic heterocycles. The van der Waals surface area contributed by atoms with Gasteiger partial charge in [0.25, 0.3) is 11.5 Å². The molecule has 10 heteroatoms. The number of unbranched alkanes of at least 4 members (excludes halogenated alkanes) is 3. The van der Waals surface area contributed by atoms with Crippen molar-refractivity contribution >= 4 is 39.4 Å². The lowest BCUT2D eigenvalue weighted by molar-refractivity contribution is -0.147. The molecule has 0 aromatic carbocycles. The number of carbonyl (C=O) groups excluding carboxylic acids is 3. The molecule has 0 fully saturated rings. The first-order valence-electron chi connectivity index (χ1n) is 9.40. The van der Waals surface area contributed by atoms with Gasteiger partial charge in [0.1, 0.15) is 15.5 Å². The highest BCUT2D eigenvalue weighted by molar-refractivity contribution is 7.20. The van der Waals surface area contributed by atoms with Crippen LogP contribution < -0.4 is 10.9 Å². The van der Waals surface area contributed by atoms with E-state index in [1.54, 1.807) is 6.92 Å². The molecule has 0 aliphatic carbocycles. The Kier molecular flexibility index (Phi) is 8.32. The Morgan fingerprint density at radius 1 is 1.21 bits per heavy atom. The van der Waals surface area contributed by atoms with E-state index in [4.69, 9.17) is 9.47 Å². The highest BCUT2D eigenvalue weighted by Crippen LogP contribution is 2.29. The number of hydrogen-bond acceptors (Lipinski definition) is 8. The fourth-order valence-electron chi connectivity index (χ4n) is 2.77. The van der Waals surface area contributed by atoms with E-state index in [0.29, 0.717) is 17.2 Å². The lowest BCUT2D eigenvalue weighted by Crippen LogP contribution is -2.30. The first kappa shape index (κ1) is 22.5. The molecular formula is C19H25N3O6S. The SMILES string of the molecule is CCCCCCNC(=O)COC(=O)Cc1c(C(=O)OC)sc2nc(C)[nH]c(=O)c12. The van der Waals surface area contributed by atoms with Crippen molar-refractivity contribution in [2.45, 2.75) is 46.0 Å². The van der Waals surface area contributed by atoms with Crippen molar-refractivity contribution in [3.05, 3.63) is 26.6 Å². The van der Waals surface area contributed by atoms with Crippen LogP contribution in [-0.2, 0) is 25.5 Å². The number of fused-ring (bicyclic) bond motifs is 1. The van der Waals surface area contributed by atoms with Crippen LogP contribution in [0.4, 0.5) is 0 Å². The predicted molar refractivity (Wildman–Crippen MR) is 108 cm³/mol. The van der Waals surface area contributed by atoms with Gasteiger partial charge in [0.15, 0.2) is 6.61 Å². The molecule has 158 valence electrons. The van der Waals surface area contributed by atoms with Crippen LogP contribution in [0.1, 0.15) is 53.7 Å². The zero-order valence-corrected chi connectivity index (χ0v) is 17.6. The summed E-state index contributed by atoms with van der Waals surface area (Å²) in [4.78, 5) is 55.6. The van der Waals surface area contributed by atoms with Crippen LogP contribution in [0.25, 0.3) is 10.2 Å². The van der Waals surface area contributed by atoms with Crippen LogP contribution in [0.5, 0.6) is 0 Å². The van der Waals surface area contributed by atoms with Crippen molar-refractivity contribution in [3.63, 3.8) is 0 Å². The number of rotatable bonds is 10. The summed E-state index contributed by atoms with van der Waals surface area (Å²) in [6.07, 6.45) is 3.76. The van der Waals surface area contributed by atoms with E-state index in [0.717, 1.165) is 37.0 Å². The number of carbonyl (C=O) groups is 3. The van der Waals surface area contributed by atoms with Gasteiger partial charge < -0.3 is 19.8 Å². The Balaban J connectivity index is 2.05. The van der Waals surface area contributed by atoms with Gasteiger partial charge in [-0.3, -0.25) is 14.4 Å². The van der Waals surface area contributed by atoms with E-state index >= 15 is 0 Å². The van der Waals surface area contributed by atoms with Gasteiger partial charge in [-0.15, -0.1) is 11.3 Å². The summed E-state index contributed by atoms with van der Waals surface area (Å²) in [5.41, 5.74) is -0.262. The van der Waals surface area contributed by atoms with Gasteiger partial charge in [0.2, 0.25) is 0 Å². The third kappa shape index (κ3) is 6.11. The maximum atomic E-state index is 12.3. The van der Waals surface area contributed by atoms with E-state index in [-0.39, 0.29) is 22.2 Å². The molecule has 0 spiro atoms. The summed E-state index contributed by atoms with van der Waals surface area (Å²) >= 11 is 0.976. The van der Waals surface area contributed by atoms with Crippen molar-refractivity contribution in [1.82, 2.24) is 15.3 Å². The second-order valence-electron chi connectivity index (χ2n) is 6.48. The molecule has 9 nitrogen and oxygen atoms in total. The first-order chi connectivity index (χ1) is 13.9. The van der Waals surface area contributed by atoms with Crippen LogP contribution in [0, 0.1) is 6.92 Å². The number of aromatic amines is 1. The van der Waals surface area contributed by atoms with Gasteiger partial charge in [-0.25, -0.2) is 9.78 Å². The van der Waals surface area contributed by atoms with Gasteiger partial charge >= 0.3 is 11.9 Å². The quantitative estimate of drug-likeness (QED) is 0.441. The van der Waals surface area contributed by atoms with E-state index < -0.39 is 30.0 Å². The number of H-pyrrole nitrogens is 1. The zero-order valence-electron chi connectivity index (χ0n) is 16.8. The van der Waals surface area contributed by atoms with E-state index in [9.17, 15) is 19.2 Å². The third-order valence-corrected chi connectivity index (χ3v) is 5.29. The molecule has 0 aliphatic heterocycles. The van der Waals surface area contributed by atoms with Crippen LogP contribution >= 0.6 is 11.3 Å². The van der Waals surface area contributed by atoms with Crippen molar-refractivity contribution in [2.24, 2.45) is 0 Å². The minimum atomic E-state index is -0.726. The fraction of sp³-hybridized carbons (Fsp3) is 0.526. The molecule has 2 N–H and O–H groups in total. The number of nitrogens with one attached hydrogen (secondary N) is 2. The van der Waals surface area contributed by atoms with Crippen molar-refractivity contribution in [2.75, 3.05) is 20.3 Å². The molecule has 2 aromatic rings. The summed E-state index contributed by atoms with van der Waals surface area (Å²) in [6, 6.07) is 0. The minimum absolute atomic E-state index is 0.114. The minimum Gasteiger partial charge on any atom is -0.465 e. The molecule has 0 unspecified atom stereocenters. The Labute approximate surface area is 171 Å². The summed E-state index contributed by atoms with van der Waals surface area (Å²) in [6.45, 7) is 3.83. The average Bonchev–Trinajstić information content (AvgIpc) is 3.03. The monoisotopic (exact) mass is 423 g/mol. The molecule has 0 atom stereocenters. The largest absolute Gasteiger partial charge is 0.465 e. The van der Waals surface area contributed by atoms with Gasteiger partial charge in [-0.1, -0.05) is 26.2 Å². The molecule has 2 heterocycles. The number of nitrogens with zero attached hydrogens (tertiary/aromatic N) is 1. The highest BCUT2D eigenvalue weighted by atomic mass is 32.1. The Hall–Kier alpha value is -2.75. The number of hydrogen-bond donors (Lipinski definition) is 2. The number of thiophene rings is 1. The van der Waals surface area contributed by atoms with E-state index in [1.165, 1.54) is 7.11 Å². The van der Waals surface area contributed by atoms with E-state index in [1.807, 2.05) is 0 Å². The first-order valence-corrected chi connectivity index (χ1v) is 10.2. The number of aryl methyl sites for hydroxylation is 1. The maximum Gasteiger partial charge on any atom is 0.348 e. The van der Waals surface area contributed by atoms with Gasteiger partial charge in [0.05, 0.1) is 18.9 Å². The van der Waals surface area contributed by atoms with E-state index in [2.05, 4.69) is 22.2 Å². The standard InChI is InChI=1S/C19H25N3O6S/c1-4-5-6-7-8-20-13(23)10-28-14(24)9-12-15-17(25)21-11(2)22-18(15)29-16(12)19(26)27-3/h4-10H2,1-3H3,(H,20,23)(H,21,22,25).